The van der Waals surface area contributed by atoms with E-state index in [9.17, 15) is 14.7 Å². The Kier molecular flexibility index (Phi) is 10.8. The first-order valence-corrected chi connectivity index (χ1v) is 10.6. The zero-order valence-electron chi connectivity index (χ0n) is 18.1. The highest BCUT2D eigenvalue weighted by Crippen LogP contribution is 2.27. The SMILES string of the molecule is C=C(O)C(=O)/C(CCCCC)=C(/NNCC(C)C)C(=O)C[C@@H]1C=C(C)CCC1. The molecule has 0 heterocycles. The molecule has 1 atom stereocenters. The van der Waals surface area contributed by atoms with E-state index in [1.54, 1.807) is 0 Å². The van der Waals surface area contributed by atoms with Crippen LogP contribution in [0.1, 0.15) is 79.1 Å². The lowest BCUT2D eigenvalue weighted by molar-refractivity contribution is -0.118. The van der Waals surface area contributed by atoms with Crippen molar-refractivity contribution < 1.29 is 14.7 Å². The Hall–Kier alpha value is -1.88. The molecular weight excluding hydrogens is 352 g/mol. The van der Waals surface area contributed by atoms with Crippen molar-refractivity contribution in [1.29, 1.82) is 0 Å². The Bertz CT molecular complexity index is 617. The summed E-state index contributed by atoms with van der Waals surface area (Å²) in [4.78, 5) is 25.7. The summed E-state index contributed by atoms with van der Waals surface area (Å²) in [7, 11) is 0. The Morgan fingerprint density at radius 2 is 2.04 bits per heavy atom. The molecule has 0 aromatic rings. The largest absolute Gasteiger partial charge is 0.505 e. The topological polar surface area (TPSA) is 78.4 Å². The van der Waals surface area contributed by atoms with Gasteiger partial charge in [0.2, 0.25) is 5.78 Å². The highest BCUT2D eigenvalue weighted by Gasteiger charge is 2.25. The second kappa shape index (κ2) is 12.6. The molecule has 0 amide bonds. The van der Waals surface area contributed by atoms with E-state index in [1.807, 2.05) is 0 Å². The molecule has 0 aromatic heterocycles. The number of hydrogen-bond donors (Lipinski definition) is 3. The maximum Gasteiger partial charge on any atom is 0.224 e. The normalized spacial score (nSPS) is 17.8. The molecule has 0 unspecified atom stereocenters. The first-order valence-electron chi connectivity index (χ1n) is 10.6. The first kappa shape index (κ1) is 24.2. The van der Waals surface area contributed by atoms with E-state index in [0.29, 0.717) is 30.9 Å². The summed E-state index contributed by atoms with van der Waals surface area (Å²) in [5, 5.41) is 9.70. The maximum absolute atomic E-state index is 13.1. The van der Waals surface area contributed by atoms with Crippen LogP contribution in [0.3, 0.4) is 0 Å². The van der Waals surface area contributed by atoms with Crippen LogP contribution in [0, 0.1) is 11.8 Å². The Morgan fingerprint density at radius 3 is 2.61 bits per heavy atom. The van der Waals surface area contributed by atoms with Crippen LogP contribution in [0.5, 0.6) is 0 Å². The molecule has 0 saturated heterocycles. The zero-order chi connectivity index (χ0) is 21.1. The van der Waals surface area contributed by atoms with Crippen LogP contribution >= 0.6 is 0 Å². The Labute approximate surface area is 170 Å². The molecule has 1 aliphatic rings. The van der Waals surface area contributed by atoms with E-state index in [4.69, 9.17) is 0 Å². The van der Waals surface area contributed by atoms with Gasteiger partial charge in [0.05, 0.1) is 5.70 Å². The van der Waals surface area contributed by atoms with E-state index in [1.165, 1.54) is 5.57 Å². The van der Waals surface area contributed by atoms with Crippen molar-refractivity contribution in [3.63, 3.8) is 0 Å². The minimum atomic E-state index is -0.548. The van der Waals surface area contributed by atoms with Gasteiger partial charge in [-0.05, 0) is 50.9 Å². The number of hydrogen-bond acceptors (Lipinski definition) is 5. The summed E-state index contributed by atoms with van der Waals surface area (Å²) in [6, 6.07) is 0. The predicted molar refractivity (Wildman–Crippen MR) is 115 cm³/mol. The maximum atomic E-state index is 13.1. The number of rotatable bonds is 13. The molecule has 158 valence electrons. The second-order valence-corrected chi connectivity index (χ2v) is 8.28. The van der Waals surface area contributed by atoms with E-state index < -0.39 is 11.5 Å². The van der Waals surface area contributed by atoms with Crippen LogP contribution < -0.4 is 10.9 Å². The van der Waals surface area contributed by atoms with Crippen molar-refractivity contribution in [2.75, 3.05) is 6.54 Å². The molecule has 5 nitrogen and oxygen atoms in total. The van der Waals surface area contributed by atoms with Gasteiger partial charge in [0.15, 0.2) is 11.5 Å². The zero-order valence-corrected chi connectivity index (χ0v) is 18.1. The van der Waals surface area contributed by atoms with Gasteiger partial charge in [0.1, 0.15) is 0 Å². The van der Waals surface area contributed by atoms with Gasteiger partial charge in [0, 0.05) is 18.5 Å². The van der Waals surface area contributed by atoms with E-state index in [2.05, 4.69) is 51.2 Å². The summed E-state index contributed by atoms with van der Waals surface area (Å²) in [5.74, 6) is -0.565. The highest BCUT2D eigenvalue weighted by molar-refractivity contribution is 6.12. The number of carbonyl (C=O) groups excluding carboxylic acids is 2. The summed E-state index contributed by atoms with van der Waals surface area (Å²) in [6.07, 6.45) is 8.92. The monoisotopic (exact) mass is 390 g/mol. The third-order valence-corrected chi connectivity index (χ3v) is 4.98. The average molecular weight is 391 g/mol. The quantitative estimate of drug-likeness (QED) is 0.137. The van der Waals surface area contributed by atoms with Crippen molar-refractivity contribution in [3.8, 4) is 0 Å². The van der Waals surface area contributed by atoms with Crippen molar-refractivity contribution in [3.05, 3.63) is 35.3 Å². The van der Waals surface area contributed by atoms with Crippen LogP contribution in [0.25, 0.3) is 0 Å². The minimum Gasteiger partial charge on any atom is -0.505 e. The molecule has 0 fully saturated rings. The fourth-order valence-corrected chi connectivity index (χ4v) is 3.45. The number of allylic oxidation sites excluding steroid dienone is 4. The standard InChI is InChI=1S/C23H38N2O3/c1-6-7-8-12-20(23(28)18(5)26)22(25-24-15-16(2)3)21(27)14-19-11-9-10-17(4)13-19/h13,16,19,24-26H,5-12,14-15H2,1-4H3/b22-20+/t19-/m0/s1. The molecule has 0 bridgehead atoms. The number of Topliss-reactive ketones (excluding diaryl/α,β-unsaturated/α-hetero) is 2. The van der Waals surface area contributed by atoms with E-state index in [0.717, 1.165) is 38.5 Å². The Balaban J connectivity index is 3.12. The number of ketones is 2. The van der Waals surface area contributed by atoms with Crippen LogP contribution in [-0.2, 0) is 9.59 Å². The second-order valence-electron chi connectivity index (χ2n) is 8.28. The molecular formula is C23H38N2O3. The lowest BCUT2D eigenvalue weighted by atomic mass is 9.86. The van der Waals surface area contributed by atoms with Gasteiger partial charge in [0.25, 0.3) is 0 Å². The number of aliphatic hydroxyl groups excluding tert-OH is 1. The van der Waals surface area contributed by atoms with Crippen LogP contribution in [-0.4, -0.2) is 23.2 Å². The molecule has 1 rings (SSSR count). The fourth-order valence-electron chi connectivity index (χ4n) is 3.45. The lowest BCUT2D eigenvalue weighted by Crippen LogP contribution is -2.38. The summed E-state index contributed by atoms with van der Waals surface area (Å²) < 4.78 is 0. The molecule has 0 radical (unpaired) electrons. The van der Waals surface area contributed by atoms with Crippen LogP contribution in [0.15, 0.2) is 35.3 Å². The van der Waals surface area contributed by atoms with Crippen LogP contribution in [0.2, 0.25) is 0 Å². The fraction of sp³-hybridized carbons (Fsp3) is 0.652. The molecule has 0 saturated carbocycles. The molecule has 5 heteroatoms. The van der Waals surface area contributed by atoms with Gasteiger partial charge in [-0.25, -0.2) is 5.43 Å². The first-order chi connectivity index (χ1) is 13.3. The van der Waals surface area contributed by atoms with Gasteiger partial charge in [-0.15, -0.1) is 0 Å². The van der Waals surface area contributed by atoms with Crippen molar-refractivity contribution in [2.45, 2.75) is 79.1 Å². The molecule has 1 aliphatic carbocycles. The predicted octanol–water partition coefficient (Wildman–Crippen LogP) is 4.92. The molecule has 0 spiro atoms. The third kappa shape index (κ3) is 8.42. The summed E-state index contributed by atoms with van der Waals surface area (Å²) in [6.45, 7) is 12.4. The van der Waals surface area contributed by atoms with Crippen molar-refractivity contribution in [2.24, 2.45) is 11.8 Å². The van der Waals surface area contributed by atoms with Gasteiger partial charge < -0.3 is 10.5 Å². The number of nitrogens with one attached hydrogen (secondary N) is 2. The van der Waals surface area contributed by atoms with Gasteiger partial charge in [-0.3, -0.25) is 9.59 Å². The van der Waals surface area contributed by atoms with E-state index >= 15 is 0 Å². The molecule has 3 N–H and O–H groups in total. The van der Waals surface area contributed by atoms with Gasteiger partial charge in [-0.1, -0.05) is 51.8 Å². The minimum absolute atomic E-state index is 0.0895. The summed E-state index contributed by atoms with van der Waals surface area (Å²) in [5.41, 5.74) is 8.01. The van der Waals surface area contributed by atoms with Crippen LogP contribution in [0.4, 0.5) is 0 Å². The van der Waals surface area contributed by atoms with Gasteiger partial charge >= 0.3 is 0 Å². The number of unbranched alkanes of at least 4 members (excludes halogenated alkanes) is 2. The number of aliphatic hydroxyl groups is 1. The molecule has 28 heavy (non-hydrogen) atoms. The third-order valence-electron chi connectivity index (χ3n) is 4.98. The highest BCUT2D eigenvalue weighted by atomic mass is 16.3. The molecule has 0 aromatic carbocycles. The van der Waals surface area contributed by atoms with Crippen molar-refractivity contribution >= 4 is 11.6 Å². The molecule has 0 aliphatic heterocycles. The smallest absolute Gasteiger partial charge is 0.224 e. The number of hydrazine groups is 1. The lowest BCUT2D eigenvalue weighted by Gasteiger charge is -2.22. The number of carbonyl (C=O) groups is 2. The summed E-state index contributed by atoms with van der Waals surface area (Å²) >= 11 is 0. The Morgan fingerprint density at radius 1 is 1.32 bits per heavy atom. The van der Waals surface area contributed by atoms with Gasteiger partial charge in [-0.2, -0.15) is 0 Å². The van der Waals surface area contributed by atoms with E-state index in [-0.39, 0.29) is 17.4 Å². The average Bonchev–Trinajstić information content (AvgIpc) is 2.62. The van der Waals surface area contributed by atoms with Crippen molar-refractivity contribution in [1.82, 2.24) is 10.9 Å².